The number of likely N-dealkylation sites (tertiary alicyclic amines) is 1. The number of pyridine rings is 1. The highest BCUT2D eigenvalue weighted by atomic mass is 16.5. The molecule has 180 valence electrons. The van der Waals surface area contributed by atoms with Crippen LogP contribution in [0.2, 0.25) is 0 Å². The minimum absolute atomic E-state index is 0.605. The van der Waals surface area contributed by atoms with Gasteiger partial charge in [0.1, 0.15) is 5.65 Å². The monoisotopic (exact) mass is 460 g/mol. The molecule has 4 heterocycles. The van der Waals surface area contributed by atoms with Gasteiger partial charge in [-0.05, 0) is 63.4 Å². The highest BCUT2D eigenvalue weighted by Crippen LogP contribution is 2.39. The molecule has 6 nitrogen and oxygen atoms in total. The predicted molar refractivity (Wildman–Crippen MR) is 139 cm³/mol. The first-order chi connectivity index (χ1) is 16.6. The second-order valence-electron chi connectivity index (χ2n) is 9.52. The Morgan fingerprint density at radius 2 is 1.97 bits per heavy atom. The Labute approximate surface area is 201 Å². The van der Waals surface area contributed by atoms with Crippen molar-refractivity contribution < 1.29 is 9.47 Å². The van der Waals surface area contributed by atoms with Gasteiger partial charge in [-0.15, -0.1) is 0 Å². The Morgan fingerprint density at radius 1 is 1.15 bits per heavy atom. The Morgan fingerprint density at radius 3 is 2.71 bits per heavy atom. The number of benzene rings is 1. The lowest BCUT2D eigenvalue weighted by Crippen LogP contribution is -2.45. The summed E-state index contributed by atoms with van der Waals surface area (Å²) in [5, 5.41) is 2.27. The van der Waals surface area contributed by atoms with Crippen LogP contribution in [0.4, 0.5) is 0 Å². The van der Waals surface area contributed by atoms with Gasteiger partial charge in [0.2, 0.25) is 0 Å². The number of nitrogens with one attached hydrogen (secondary N) is 1. The van der Waals surface area contributed by atoms with E-state index in [-0.39, 0.29) is 0 Å². The SMILES string of the molecule is CCC(CCn1cc(-c2cc3cccnc3[nH]2)c2cc(OC)c(OC)cc21)N1CCCCC1C. The predicted octanol–water partition coefficient (Wildman–Crippen LogP) is 6.24. The van der Waals surface area contributed by atoms with Crippen LogP contribution in [0, 0.1) is 0 Å². The van der Waals surface area contributed by atoms with Gasteiger partial charge in [-0.1, -0.05) is 13.3 Å². The average Bonchev–Trinajstić information content (AvgIpc) is 3.45. The van der Waals surface area contributed by atoms with E-state index in [0.29, 0.717) is 12.1 Å². The van der Waals surface area contributed by atoms with E-state index in [4.69, 9.17) is 9.47 Å². The minimum Gasteiger partial charge on any atom is -0.493 e. The van der Waals surface area contributed by atoms with Gasteiger partial charge >= 0.3 is 0 Å². The first-order valence-corrected chi connectivity index (χ1v) is 12.6. The molecule has 1 aromatic carbocycles. The maximum Gasteiger partial charge on any atom is 0.162 e. The number of hydrogen-bond acceptors (Lipinski definition) is 4. The number of aryl methyl sites for hydroxylation is 1. The van der Waals surface area contributed by atoms with Crippen molar-refractivity contribution in [3.63, 3.8) is 0 Å². The van der Waals surface area contributed by atoms with Crippen LogP contribution in [0.5, 0.6) is 11.5 Å². The summed E-state index contributed by atoms with van der Waals surface area (Å²) in [6.07, 6.45) is 10.4. The molecule has 5 rings (SSSR count). The van der Waals surface area contributed by atoms with Crippen molar-refractivity contribution in [1.82, 2.24) is 19.4 Å². The zero-order chi connectivity index (χ0) is 23.7. The van der Waals surface area contributed by atoms with Gasteiger partial charge in [-0.3, -0.25) is 4.90 Å². The van der Waals surface area contributed by atoms with Gasteiger partial charge in [0, 0.05) is 59.1 Å². The molecule has 1 N–H and O–H groups in total. The summed E-state index contributed by atoms with van der Waals surface area (Å²) in [5.74, 6) is 1.51. The lowest BCUT2D eigenvalue weighted by molar-refractivity contribution is 0.0944. The zero-order valence-electron chi connectivity index (χ0n) is 20.8. The van der Waals surface area contributed by atoms with Crippen LogP contribution in [0.3, 0.4) is 0 Å². The van der Waals surface area contributed by atoms with E-state index in [1.807, 2.05) is 12.3 Å². The normalized spacial score (nSPS) is 17.9. The number of nitrogens with zero attached hydrogens (tertiary/aromatic N) is 3. The number of rotatable bonds is 8. The molecule has 2 unspecified atom stereocenters. The lowest BCUT2D eigenvalue weighted by Gasteiger charge is -2.39. The Balaban J connectivity index is 1.54. The highest BCUT2D eigenvalue weighted by molar-refractivity contribution is 5.99. The van der Waals surface area contributed by atoms with Crippen LogP contribution < -0.4 is 9.47 Å². The fourth-order valence-corrected chi connectivity index (χ4v) is 5.67. The molecule has 3 aromatic heterocycles. The number of piperidine rings is 1. The van der Waals surface area contributed by atoms with Crippen LogP contribution in [0.1, 0.15) is 46.0 Å². The molecular weight excluding hydrogens is 424 g/mol. The lowest BCUT2D eigenvalue weighted by atomic mass is 9.98. The van der Waals surface area contributed by atoms with Crippen LogP contribution in [0.15, 0.2) is 42.7 Å². The fraction of sp³-hybridized carbons (Fsp3) is 0.464. The van der Waals surface area contributed by atoms with Crippen molar-refractivity contribution in [2.45, 2.75) is 64.6 Å². The quantitative estimate of drug-likeness (QED) is 0.338. The van der Waals surface area contributed by atoms with E-state index in [0.717, 1.165) is 52.1 Å². The maximum atomic E-state index is 5.65. The molecule has 2 atom stereocenters. The van der Waals surface area contributed by atoms with Crippen LogP contribution in [0.25, 0.3) is 33.2 Å². The average molecular weight is 461 g/mol. The third kappa shape index (κ3) is 4.16. The molecule has 0 amide bonds. The Hall–Kier alpha value is -2.99. The van der Waals surface area contributed by atoms with E-state index in [1.54, 1.807) is 14.2 Å². The van der Waals surface area contributed by atoms with E-state index in [2.05, 4.69) is 63.7 Å². The summed E-state index contributed by atoms with van der Waals surface area (Å²) in [6.45, 7) is 6.92. The highest BCUT2D eigenvalue weighted by Gasteiger charge is 2.25. The van der Waals surface area contributed by atoms with Crippen molar-refractivity contribution in [2.75, 3.05) is 20.8 Å². The van der Waals surface area contributed by atoms with Gasteiger partial charge in [0.25, 0.3) is 0 Å². The second-order valence-corrected chi connectivity index (χ2v) is 9.52. The van der Waals surface area contributed by atoms with Crippen LogP contribution >= 0.6 is 0 Å². The molecule has 0 bridgehead atoms. The smallest absolute Gasteiger partial charge is 0.162 e. The van der Waals surface area contributed by atoms with Crippen LogP contribution in [-0.4, -0.2) is 52.3 Å². The second kappa shape index (κ2) is 9.71. The summed E-state index contributed by atoms with van der Waals surface area (Å²) in [5.41, 5.74) is 4.31. The van der Waals surface area contributed by atoms with E-state index in [9.17, 15) is 0 Å². The molecule has 1 saturated heterocycles. The number of H-pyrrole nitrogens is 1. The third-order valence-electron chi connectivity index (χ3n) is 7.57. The Bertz CT molecular complexity index is 1240. The number of fused-ring (bicyclic) bond motifs is 2. The van der Waals surface area contributed by atoms with Crippen molar-refractivity contribution in [2.24, 2.45) is 0 Å². The van der Waals surface area contributed by atoms with Gasteiger partial charge in [-0.2, -0.15) is 0 Å². The molecule has 1 aliphatic heterocycles. The number of ether oxygens (including phenoxy) is 2. The van der Waals surface area contributed by atoms with E-state index >= 15 is 0 Å². The molecule has 4 aromatic rings. The molecule has 1 fully saturated rings. The number of hydrogen-bond donors (Lipinski definition) is 1. The van der Waals surface area contributed by atoms with Crippen LogP contribution in [-0.2, 0) is 6.54 Å². The van der Waals surface area contributed by atoms with E-state index < -0.39 is 0 Å². The van der Waals surface area contributed by atoms with Gasteiger partial charge < -0.3 is 19.0 Å². The zero-order valence-corrected chi connectivity index (χ0v) is 20.8. The molecule has 1 aliphatic rings. The molecule has 0 saturated carbocycles. The standard InChI is InChI=1S/C28H36N4O2/c1-5-21(32-13-7-6-9-19(32)2)11-14-31-18-23(24-15-20-10-8-12-29-28(20)30-24)22-16-26(33-3)27(34-4)17-25(22)31/h8,10,12,15-19,21H,5-7,9,11,13-14H2,1-4H3,(H,29,30). The van der Waals surface area contributed by atoms with Gasteiger partial charge in [0.15, 0.2) is 11.5 Å². The van der Waals surface area contributed by atoms with Crippen molar-refractivity contribution in [1.29, 1.82) is 0 Å². The third-order valence-corrected chi connectivity index (χ3v) is 7.57. The Kier molecular flexibility index (Phi) is 6.50. The summed E-state index contributed by atoms with van der Waals surface area (Å²) in [7, 11) is 3.39. The maximum absolute atomic E-state index is 5.65. The molecule has 0 aliphatic carbocycles. The van der Waals surface area contributed by atoms with Crippen molar-refractivity contribution >= 4 is 21.9 Å². The molecule has 0 spiro atoms. The summed E-state index contributed by atoms with van der Waals surface area (Å²) < 4.78 is 13.7. The van der Waals surface area contributed by atoms with E-state index in [1.165, 1.54) is 37.7 Å². The number of aromatic nitrogens is 3. The van der Waals surface area contributed by atoms with Gasteiger partial charge in [-0.25, -0.2) is 4.98 Å². The fourth-order valence-electron chi connectivity index (χ4n) is 5.67. The number of aromatic amines is 1. The molecular formula is C28H36N4O2. The van der Waals surface area contributed by atoms with Gasteiger partial charge in [0.05, 0.1) is 19.7 Å². The number of methoxy groups -OCH3 is 2. The largest absolute Gasteiger partial charge is 0.493 e. The minimum atomic E-state index is 0.605. The summed E-state index contributed by atoms with van der Waals surface area (Å²) in [4.78, 5) is 10.7. The molecule has 34 heavy (non-hydrogen) atoms. The first-order valence-electron chi connectivity index (χ1n) is 12.6. The summed E-state index contributed by atoms with van der Waals surface area (Å²) in [6, 6.07) is 11.8. The topological polar surface area (TPSA) is 55.3 Å². The molecule has 0 radical (unpaired) electrons. The van der Waals surface area contributed by atoms with Crippen molar-refractivity contribution in [3.05, 3.63) is 42.7 Å². The first kappa shape index (κ1) is 22.8. The summed E-state index contributed by atoms with van der Waals surface area (Å²) >= 11 is 0. The van der Waals surface area contributed by atoms with Crippen molar-refractivity contribution in [3.8, 4) is 22.8 Å². The molecule has 6 heteroatoms.